The van der Waals surface area contributed by atoms with Gasteiger partial charge in [0.15, 0.2) is 5.96 Å². The van der Waals surface area contributed by atoms with Gasteiger partial charge in [0.25, 0.3) is 0 Å². The molecule has 26 heavy (non-hydrogen) atoms. The molecule has 1 aromatic heterocycles. The van der Waals surface area contributed by atoms with Crippen molar-refractivity contribution >= 4 is 35.8 Å². The minimum absolute atomic E-state index is 0. The lowest BCUT2D eigenvalue weighted by Crippen LogP contribution is -2.48. The van der Waals surface area contributed by atoms with Crippen LogP contribution in [0.15, 0.2) is 41.5 Å². The first kappa shape index (κ1) is 21.9. The molecule has 1 aromatic carbocycles. The van der Waals surface area contributed by atoms with Crippen LogP contribution in [0.1, 0.15) is 26.6 Å². The average Bonchev–Trinajstić information content (AvgIpc) is 3.03. The number of nitrogens with one attached hydrogen (secondary N) is 4. The Morgan fingerprint density at radius 2 is 1.88 bits per heavy atom. The van der Waals surface area contributed by atoms with E-state index >= 15 is 0 Å². The van der Waals surface area contributed by atoms with E-state index in [1.807, 2.05) is 51.1 Å². The molecule has 1 heterocycles. The third kappa shape index (κ3) is 7.42. The van der Waals surface area contributed by atoms with E-state index in [9.17, 15) is 4.79 Å². The summed E-state index contributed by atoms with van der Waals surface area (Å²) in [6, 6.07) is 10.0. The number of hydrogen-bond acceptors (Lipinski definition) is 3. The van der Waals surface area contributed by atoms with Crippen LogP contribution in [0.3, 0.4) is 0 Å². The summed E-state index contributed by atoms with van der Waals surface area (Å²) in [5, 5.41) is 9.01. The molecule has 0 aliphatic carbocycles. The Hall–Kier alpha value is -2.10. The second kappa shape index (κ2) is 10.1. The highest BCUT2D eigenvalue weighted by Crippen LogP contribution is 2.15. The number of hydrogen-bond donors (Lipinski definition) is 4. The summed E-state index contributed by atoms with van der Waals surface area (Å²) in [7, 11) is 1.66. The standard InChI is InChI=1S/C18H26N6O.HI/c1-18(2,3)24-16(25)12-22-17(19-4)21-11-15-20-10-14(23-15)13-8-6-5-7-9-13;/h5-10H,11-12H2,1-4H3,(H,20,23)(H,24,25)(H2,19,21,22);1H. The van der Waals surface area contributed by atoms with Crippen molar-refractivity contribution in [3.8, 4) is 11.3 Å². The fraction of sp³-hybridized carbons (Fsp3) is 0.389. The highest BCUT2D eigenvalue weighted by Gasteiger charge is 2.13. The lowest BCUT2D eigenvalue weighted by atomic mass is 10.1. The molecule has 0 aliphatic rings. The summed E-state index contributed by atoms with van der Waals surface area (Å²) in [6.07, 6.45) is 1.80. The van der Waals surface area contributed by atoms with E-state index in [-0.39, 0.29) is 42.0 Å². The van der Waals surface area contributed by atoms with Crippen LogP contribution in [0, 0.1) is 0 Å². The topological polar surface area (TPSA) is 94.2 Å². The van der Waals surface area contributed by atoms with Crippen LogP contribution in [0.25, 0.3) is 11.3 Å². The number of carbonyl (C=O) groups is 1. The Bertz CT molecular complexity index is 721. The molecule has 0 bridgehead atoms. The van der Waals surface area contributed by atoms with Gasteiger partial charge in [0.05, 0.1) is 25.0 Å². The number of amides is 1. The van der Waals surface area contributed by atoms with Gasteiger partial charge in [-0.3, -0.25) is 9.79 Å². The largest absolute Gasteiger partial charge is 0.350 e. The van der Waals surface area contributed by atoms with Gasteiger partial charge in [0, 0.05) is 12.6 Å². The third-order valence-corrected chi connectivity index (χ3v) is 3.29. The summed E-state index contributed by atoms with van der Waals surface area (Å²) in [6.45, 7) is 6.47. The second-order valence-corrected chi connectivity index (χ2v) is 6.69. The van der Waals surface area contributed by atoms with E-state index in [1.54, 1.807) is 13.2 Å². The van der Waals surface area contributed by atoms with Gasteiger partial charge < -0.3 is 20.9 Å². The molecule has 2 rings (SSSR count). The van der Waals surface area contributed by atoms with Crippen molar-refractivity contribution in [1.29, 1.82) is 0 Å². The highest BCUT2D eigenvalue weighted by molar-refractivity contribution is 14.0. The summed E-state index contributed by atoms with van der Waals surface area (Å²) in [5.41, 5.74) is 1.80. The van der Waals surface area contributed by atoms with Crippen LogP contribution in [0.2, 0.25) is 0 Å². The number of aromatic nitrogens is 2. The Kier molecular flexibility index (Phi) is 8.56. The monoisotopic (exact) mass is 470 g/mol. The molecule has 0 atom stereocenters. The van der Waals surface area contributed by atoms with Crippen molar-refractivity contribution < 1.29 is 4.79 Å². The van der Waals surface area contributed by atoms with Gasteiger partial charge in [-0.15, -0.1) is 24.0 Å². The van der Waals surface area contributed by atoms with E-state index < -0.39 is 0 Å². The maximum Gasteiger partial charge on any atom is 0.239 e. The van der Waals surface area contributed by atoms with Crippen molar-refractivity contribution in [1.82, 2.24) is 25.9 Å². The Labute approximate surface area is 171 Å². The Morgan fingerprint density at radius 1 is 1.19 bits per heavy atom. The summed E-state index contributed by atoms with van der Waals surface area (Å²) < 4.78 is 0. The zero-order valence-corrected chi connectivity index (χ0v) is 17.9. The predicted molar refractivity (Wildman–Crippen MR) is 116 cm³/mol. The molecule has 0 spiro atoms. The smallest absolute Gasteiger partial charge is 0.239 e. The summed E-state index contributed by atoms with van der Waals surface area (Å²) >= 11 is 0. The van der Waals surface area contributed by atoms with Gasteiger partial charge in [0.1, 0.15) is 5.82 Å². The second-order valence-electron chi connectivity index (χ2n) is 6.69. The number of H-pyrrole nitrogens is 1. The molecular formula is C18H27IN6O. The highest BCUT2D eigenvalue weighted by atomic mass is 127. The van der Waals surface area contributed by atoms with Crippen LogP contribution < -0.4 is 16.0 Å². The molecule has 2 aromatic rings. The number of rotatable bonds is 5. The molecule has 8 heteroatoms. The quantitative estimate of drug-likeness (QED) is 0.307. The number of carbonyl (C=O) groups excluding carboxylic acids is 1. The number of nitrogens with zero attached hydrogens (tertiary/aromatic N) is 2. The van der Waals surface area contributed by atoms with Gasteiger partial charge in [-0.1, -0.05) is 30.3 Å². The number of halogens is 1. The minimum atomic E-state index is -0.252. The van der Waals surface area contributed by atoms with Crippen LogP contribution in [-0.4, -0.2) is 41.0 Å². The molecule has 0 fully saturated rings. The van der Waals surface area contributed by atoms with Gasteiger partial charge in [-0.25, -0.2) is 4.98 Å². The van der Waals surface area contributed by atoms with Gasteiger partial charge in [0.2, 0.25) is 5.91 Å². The average molecular weight is 470 g/mol. The molecule has 0 radical (unpaired) electrons. The molecule has 0 aliphatic heterocycles. The maximum absolute atomic E-state index is 11.8. The van der Waals surface area contributed by atoms with E-state index in [4.69, 9.17) is 0 Å². The van der Waals surface area contributed by atoms with E-state index in [1.165, 1.54) is 0 Å². The number of aromatic amines is 1. The molecule has 0 unspecified atom stereocenters. The summed E-state index contributed by atoms with van der Waals surface area (Å²) in [5.74, 6) is 1.25. The predicted octanol–water partition coefficient (Wildman–Crippen LogP) is 2.27. The van der Waals surface area contributed by atoms with Crippen LogP contribution in [-0.2, 0) is 11.3 Å². The van der Waals surface area contributed by atoms with Crippen LogP contribution in [0.4, 0.5) is 0 Å². The fourth-order valence-electron chi connectivity index (χ4n) is 2.23. The first-order chi connectivity index (χ1) is 11.9. The maximum atomic E-state index is 11.8. The molecule has 0 saturated heterocycles. The first-order valence-corrected chi connectivity index (χ1v) is 8.22. The Balaban J connectivity index is 0.00000338. The number of guanidine groups is 1. The number of aliphatic imine (C=N–C) groups is 1. The lowest BCUT2D eigenvalue weighted by molar-refractivity contribution is -0.121. The normalized spacial score (nSPS) is 11.5. The van der Waals surface area contributed by atoms with E-state index in [2.05, 4.69) is 30.9 Å². The van der Waals surface area contributed by atoms with Crippen molar-refractivity contribution in [3.05, 3.63) is 42.4 Å². The van der Waals surface area contributed by atoms with Crippen LogP contribution >= 0.6 is 24.0 Å². The minimum Gasteiger partial charge on any atom is -0.350 e. The third-order valence-electron chi connectivity index (χ3n) is 3.29. The van der Waals surface area contributed by atoms with E-state index in [0.717, 1.165) is 17.1 Å². The van der Waals surface area contributed by atoms with Crippen LogP contribution in [0.5, 0.6) is 0 Å². The lowest BCUT2D eigenvalue weighted by Gasteiger charge is -2.21. The molecular weight excluding hydrogens is 443 g/mol. The summed E-state index contributed by atoms with van der Waals surface area (Å²) in [4.78, 5) is 23.6. The zero-order valence-electron chi connectivity index (χ0n) is 15.6. The Morgan fingerprint density at radius 3 is 2.50 bits per heavy atom. The van der Waals surface area contributed by atoms with Crippen molar-refractivity contribution in [2.45, 2.75) is 32.9 Å². The van der Waals surface area contributed by atoms with Gasteiger partial charge in [-0.05, 0) is 26.3 Å². The van der Waals surface area contributed by atoms with Crippen molar-refractivity contribution in [2.75, 3.05) is 13.6 Å². The van der Waals surface area contributed by atoms with Gasteiger partial charge >= 0.3 is 0 Å². The number of benzene rings is 1. The molecule has 0 saturated carbocycles. The van der Waals surface area contributed by atoms with E-state index in [0.29, 0.717) is 12.5 Å². The first-order valence-electron chi connectivity index (χ1n) is 8.22. The number of imidazole rings is 1. The van der Waals surface area contributed by atoms with Crippen molar-refractivity contribution in [2.24, 2.45) is 4.99 Å². The fourth-order valence-corrected chi connectivity index (χ4v) is 2.23. The van der Waals surface area contributed by atoms with Gasteiger partial charge in [-0.2, -0.15) is 0 Å². The molecule has 4 N–H and O–H groups in total. The molecule has 7 nitrogen and oxygen atoms in total. The molecule has 142 valence electrons. The van der Waals surface area contributed by atoms with Crippen molar-refractivity contribution in [3.63, 3.8) is 0 Å². The SMILES string of the molecule is CN=C(NCC(=O)NC(C)(C)C)NCc1ncc(-c2ccccc2)[nH]1.I. The molecule has 1 amide bonds. The zero-order chi connectivity index (χ0) is 18.3.